The van der Waals surface area contributed by atoms with Gasteiger partial charge in [0, 0.05) is 0 Å². The Hall–Kier alpha value is -0.520. The molecule has 1 radical (unpaired) electrons. The predicted molar refractivity (Wildman–Crippen MR) is 47.7 cm³/mol. The van der Waals surface area contributed by atoms with Crippen LogP contribution in [0.25, 0.3) is 0 Å². The van der Waals surface area contributed by atoms with E-state index in [-0.39, 0.29) is 0 Å². The lowest BCUT2D eigenvalue weighted by atomic mass is 10.0. The highest BCUT2D eigenvalue weighted by molar-refractivity contribution is 4.93. The number of hydrogen-bond donors (Lipinski definition) is 0. The molecule has 0 rings (SSSR count). The van der Waals surface area contributed by atoms with Crippen LogP contribution in [0.4, 0.5) is 0 Å². The number of hydrogen-bond acceptors (Lipinski definition) is 0. The molecular weight excluding hydrogens is 120 g/mol. The zero-order valence-electron chi connectivity index (χ0n) is 7.06. The van der Waals surface area contributed by atoms with Gasteiger partial charge in [0.05, 0.1) is 0 Å². The van der Waals surface area contributed by atoms with Crippen LogP contribution in [0, 0.1) is 12.3 Å². The summed E-state index contributed by atoms with van der Waals surface area (Å²) in [7, 11) is 0. The van der Waals surface area contributed by atoms with Crippen LogP contribution in [0.1, 0.15) is 26.7 Å². The number of rotatable bonds is 5. The highest BCUT2D eigenvalue weighted by Crippen LogP contribution is 2.09. The van der Waals surface area contributed by atoms with E-state index >= 15 is 0 Å². The maximum atomic E-state index is 3.83. The van der Waals surface area contributed by atoms with E-state index in [1.54, 1.807) is 0 Å². The predicted octanol–water partition coefficient (Wildman–Crippen LogP) is 3.37. The Bertz CT molecular complexity index is 111. The Morgan fingerprint density at radius 1 is 1.60 bits per heavy atom. The van der Waals surface area contributed by atoms with Gasteiger partial charge in [-0.25, -0.2) is 0 Å². The van der Waals surface area contributed by atoms with E-state index in [0.717, 1.165) is 12.8 Å². The lowest BCUT2D eigenvalue weighted by Gasteiger charge is -2.03. The van der Waals surface area contributed by atoms with Gasteiger partial charge in [-0.05, 0) is 32.1 Å². The van der Waals surface area contributed by atoms with Crippen molar-refractivity contribution >= 4 is 0 Å². The molecule has 0 aliphatic heterocycles. The monoisotopic (exact) mass is 137 g/mol. The minimum absolute atomic E-state index is 0.541. The average Bonchev–Trinajstić information content (AvgIpc) is 1.87. The molecule has 0 aromatic carbocycles. The smallest absolute Gasteiger partial charge is 0.0233 e. The van der Waals surface area contributed by atoms with Crippen LogP contribution in [0.3, 0.4) is 0 Å². The third kappa shape index (κ3) is 5.61. The van der Waals surface area contributed by atoms with E-state index in [1.165, 1.54) is 5.57 Å². The molecule has 10 heavy (non-hydrogen) atoms. The van der Waals surface area contributed by atoms with Crippen molar-refractivity contribution < 1.29 is 0 Å². The maximum Gasteiger partial charge on any atom is -0.0233 e. The average molecular weight is 137 g/mol. The molecule has 0 amide bonds. The second-order valence-electron chi connectivity index (χ2n) is 2.83. The third-order valence-corrected chi connectivity index (χ3v) is 1.48. The van der Waals surface area contributed by atoms with E-state index in [0.29, 0.717) is 5.92 Å². The quantitative estimate of drug-likeness (QED) is 0.510. The molecule has 0 heterocycles. The van der Waals surface area contributed by atoms with Gasteiger partial charge in [0.1, 0.15) is 0 Å². The molecule has 0 aliphatic rings. The topological polar surface area (TPSA) is 0 Å². The molecule has 1 atom stereocenters. The lowest BCUT2D eigenvalue weighted by Crippen LogP contribution is -1.89. The molecule has 0 spiro atoms. The van der Waals surface area contributed by atoms with Crippen LogP contribution < -0.4 is 0 Å². The first-order chi connectivity index (χ1) is 4.66. The minimum atomic E-state index is 0.541. The molecule has 0 bridgehead atoms. The van der Waals surface area contributed by atoms with E-state index in [2.05, 4.69) is 33.4 Å². The fourth-order valence-electron chi connectivity index (χ4n) is 0.689. The molecule has 0 aromatic heterocycles. The molecule has 0 nitrogen and oxygen atoms in total. The largest absolute Gasteiger partial charge is 0.103 e. The van der Waals surface area contributed by atoms with E-state index in [9.17, 15) is 0 Å². The molecule has 0 saturated heterocycles. The molecule has 0 heteroatoms. The number of allylic oxidation sites excluding steroid dienone is 2. The van der Waals surface area contributed by atoms with Crippen LogP contribution in [-0.4, -0.2) is 0 Å². The van der Waals surface area contributed by atoms with E-state index in [1.807, 2.05) is 6.08 Å². The highest BCUT2D eigenvalue weighted by atomic mass is 14.0. The van der Waals surface area contributed by atoms with Crippen LogP contribution in [0.15, 0.2) is 24.8 Å². The fraction of sp³-hybridized carbons (Fsp3) is 0.500. The molecule has 57 valence electrons. The summed E-state index contributed by atoms with van der Waals surface area (Å²) < 4.78 is 0. The molecule has 0 saturated carbocycles. The second kappa shape index (κ2) is 5.28. The van der Waals surface area contributed by atoms with Crippen molar-refractivity contribution in [2.45, 2.75) is 26.7 Å². The first-order valence-electron chi connectivity index (χ1n) is 3.77. The molecule has 0 fully saturated rings. The van der Waals surface area contributed by atoms with Crippen LogP contribution in [0.2, 0.25) is 0 Å². The zero-order valence-corrected chi connectivity index (χ0v) is 7.06. The molecule has 0 aliphatic carbocycles. The van der Waals surface area contributed by atoms with Crippen LogP contribution in [-0.2, 0) is 0 Å². The first-order valence-corrected chi connectivity index (χ1v) is 3.77. The maximum absolute atomic E-state index is 3.83. The van der Waals surface area contributed by atoms with Crippen molar-refractivity contribution in [1.29, 1.82) is 0 Å². The van der Waals surface area contributed by atoms with Crippen LogP contribution in [0.5, 0.6) is 0 Å². The van der Waals surface area contributed by atoms with Gasteiger partial charge < -0.3 is 0 Å². The van der Waals surface area contributed by atoms with Gasteiger partial charge in [-0.2, -0.15) is 0 Å². The summed E-state index contributed by atoms with van der Waals surface area (Å²) in [6, 6.07) is 0. The standard InChI is InChI=1S/C10H17/c1-5-10(4)8-6-7-9(2)3/h5,8,10H,1-2,6-7H2,3-4H3. The Balaban J connectivity index is 3.19. The Morgan fingerprint density at radius 2 is 2.20 bits per heavy atom. The van der Waals surface area contributed by atoms with Crippen molar-refractivity contribution in [3.63, 3.8) is 0 Å². The zero-order chi connectivity index (χ0) is 7.98. The van der Waals surface area contributed by atoms with Crippen molar-refractivity contribution in [3.8, 4) is 0 Å². The van der Waals surface area contributed by atoms with Gasteiger partial charge in [-0.15, -0.1) is 13.2 Å². The van der Waals surface area contributed by atoms with E-state index < -0.39 is 0 Å². The van der Waals surface area contributed by atoms with Crippen molar-refractivity contribution in [2.24, 2.45) is 5.92 Å². The molecule has 1 unspecified atom stereocenters. The van der Waals surface area contributed by atoms with Crippen molar-refractivity contribution in [2.75, 3.05) is 0 Å². The summed E-state index contributed by atoms with van der Waals surface area (Å²) in [6.45, 7) is 11.7. The van der Waals surface area contributed by atoms with Gasteiger partial charge in [0.25, 0.3) is 0 Å². The van der Waals surface area contributed by atoms with Crippen molar-refractivity contribution in [1.82, 2.24) is 0 Å². The van der Waals surface area contributed by atoms with E-state index in [4.69, 9.17) is 0 Å². The highest BCUT2D eigenvalue weighted by Gasteiger charge is 1.95. The SMILES string of the molecule is C=CC(C)[CH]CCC(=C)C. The second-order valence-corrected chi connectivity index (χ2v) is 2.83. The fourth-order valence-corrected chi connectivity index (χ4v) is 0.689. The Labute approximate surface area is 64.6 Å². The van der Waals surface area contributed by atoms with Crippen molar-refractivity contribution in [3.05, 3.63) is 31.2 Å². The lowest BCUT2D eigenvalue weighted by molar-refractivity contribution is 0.763. The van der Waals surface area contributed by atoms with Gasteiger partial charge >= 0.3 is 0 Å². The van der Waals surface area contributed by atoms with Gasteiger partial charge in [0.15, 0.2) is 0 Å². The third-order valence-electron chi connectivity index (χ3n) is 1.48. The normalized spacial score (nSPS) is 12.6. The summed E-state index contributed by atoms with van der Waals surface area (Å²) in [5.74, 6) is 0.541. The molecule has 0 N–H and O–H groups in total. The summed E-state index contributed by atoms with van der Waals surface area (Å²) in [5.41, 5.74) is 1.26. The van der Waals surface area contributed by atoms with Gasteiger partial charge in [-0.3, -0.25) is 0 Å². The van der Waals surface area contributed by atoms with Gasteiger partial charge in [-0.1, -0.05) is 18.6 Å². The molecule has 0 aromatic rings. The summed E-state index contributed by atoms with van der Waals surface area (Å²) >= 11 is 0. The summed E-state index contributed by atoms with van der Waals surface area (Å²) in [5, 5.41) is 0. The Kier molecular flexibility index (Phi) is 5.00. The summed E-state index contributed by atoms with van der Waals surface area (Å²) in [4.78, 5) is 0. The first kappa shape index (κ1) is 9.48. The van der Waals surface area contributed by atoms with Crippen LogP contribution >= 0.6 is 0 Å². The Morgan fingerprint density at radius 3 is 2.60 bits per heavy atom. The minimum Gasteiger partial charge on any atom is -0.103 e. The molecular formula is C10H17. The summed E-state index contributed by atoms with van der Waals surface area (Å²) in [6.07, 6.45) is 6.46. The van der Waals surface area contributed by atoms with Gasteiger partial charge in [0.2, 0.25) is 0 Å².